The molecular weight excluding hydrogens is 415 g/mol. The maximum Gasteiger partial charge on any atom is 0.573 e. The predicted molar refractivity (Wildman–Crippen MR) is 104 cm³/mol. The molecule has 1 aliphatic rings. The van der Waals surface area contributed by atoms with Gasteiger partial charge in [-0.25, -0.2) is 4.98 Å². The Bertz CT molecular complexity index is 944. The smallest absolute Gasteiger partial charge is 0.405 e. The van der Waals surface area contributed by atoms with Crippen molar-refractivity contribution < 1.29 is 27.5 Å². The molecule has 3 rings (SSSR count). The number of ether oxygens (including phenoxy) is 1. The fourth-order valence-electron chi connectivity index (χ4n) is 3.59. The van der Waals surface area contributed by atoms with Gasteiger partial charge in [-0.05, 0) is 31.4 Å². The molecule has 2 atom stereocenters. The molecule has 0 spiro atoms. The maximum absolute atomic E-state index is 13.3. The summed E-state index contributed by atoms with van der Waals surface area (Å²) in [6.07, 6.45) is -4.26. The number of aromatic amines is 1. The molecule has 0 radical (unpaired) electrons. The number of rotatable bonds is 6. The third-order valence-corrected chi connectivity index (χ3v) is 4.78. The number of hydrogen-bond acceptors (Lipinski definition) is 5. The molecule has 11 heteroatoms. The van der Waals surface area contributed by atoms with Crippen LogP contribution in [0.3, 0.4) is 0 Å². The quantitative estimate of drug-likeness (QED) is 0.720. The number of aryl methyl sites for hydroxylation is 1. The van der Waals surface area contributed by atoms with Gasteiger partial charge in [0.15, 0.2) is 5.82 Å². The zero-order valence-corrected chi connectivity index (χ0v) is 17.4. The minimum absolute atomic E-state index is 0.112. The van der Waals surface area contributed by atoms with Crippen LogP contribution in [0.25, 0.3) is 0 Å². The lowest BCUT2D eigenvalue weighted by Gasteiger charge is -2.24. The molecule has 2 aromatic rings. The highest BCUT2D eigenvalue weighted by atomic mass is 19.4. The first-order valence-electron chi connectivity index (χ1n) is 9.87. The van der Waals surface area contributed by atoms with Gasteiger partial charge in [-0.2, -0.15) is 5.10 Å². The predicted octanol–water partition coefficient (Wildman–Crippen LogP) is 3.13. The summed E-state index contributed by atoms with van der Waals surface area (Å²) < 4.78 is 42.4. The normalized spacial score (nSPS) is 19.0. The summed E-state index contributed by atoms with van der Waals surface area (Å²) in [6.45, 7) is 5.65. The highest BCUT2D eigenvalue weighted by Gasteiger charge is 2.41. The van der Waals surface area contributed by atoms with E-state index >= 15 is 0 Å². The van der Waals surface area contributed by atoms with Crippen LogP contribution in [0.4, 0.5) is 13.2 Å². The standard InChI is InChI=1S/C20H24F3N5O3/c1-11(2)8-17(29)25-13-9-15(18-24-12(3)26-27-18)28(10-13)19(30)14-6-4-5-7-16(14)31-20(21,22)23/h4-7,11,13,15H,8-10H2,1-3H3,(H,25,29)(H,24,26,27). The van der Waals surface area contributed by atoms with Gasteiger partial charge in [0.1, 0.15) is 11.6 Å². The lowest BCUT2D eigenvalue weighted by molar-refractivity contribution is -0.274. The second kappa shape index (κ2) is 8.94. The number of nitrogens with one attached hydrogen (secondary N) is 2. The molecule has 1 saturated heterocycles. The Balaban J connectivity index is 1.87. The third kappa shape index (κ3) is 5.74. The molecule has 1 aliphatic heterocycles. The van der Waals surface area contributed by atoms with E-state index in [4.69, 9.17) is 0 Å². The molecule has 8 nitrogen and oxygen atoms in total. The molecule has 0 aliphatic carbocycles. The third-order valence-electron chi connectivity index (χ3n) is 4.78. The molecule has 0 bridgehead atoms. The average Bonchev–Trinajstić information content (AvgIpc) is 3.25. The topological polar surface area (TPSA) is 100 Å². The average molecular weight is 439 g/mol. The number of likely N-dealkylation sites (tertiary alicyclic amines) is 1. The Kier molecular flexibility index (Phi) is 6.51. The number of aromatic nitrogens is 3. The van der Waals surface area contributed by atoms with Crippen LogP contribution in [-0.2, 0) is 4.79 Å². The van der Waals surface area contributed by atoms with Crippen LogP contribution >= 0.6 is 0 Å². The van der Waals surface area contributed by atoms with Crippen LogP contribution in [-0.4, -0.2) is 50.8 Å². The SMILES string of the molecule is Cc1nc(C2CC(NC(=O)CC(C)C)CN2C(=O)c2ccccc2OC(F)(F)F)n[nH]1. The summed E-state index contributed by atoms with van der Waals surface area (Å²) in [4.78, 5) is 31.1. The second-order valence-electron chi connectivity index (χ2n) is 7.89. The first-order chi connectivity index (χ1) is 14.5. The fraction of sp³-hybridized carbons (Fsp3) is 0.500. The van der Waals surface area contributed by atoms with Crippen LogP contribution in [0.1, 0.15) is 54.7 Å². The zero-order valence-electron chi connectivity index (χ0n) is 17.4. The van der Waals surface area contributed by atoms with Crippen molar-refractivity contribution in [3.05, 3.63) is 41.5 Å². The minimum Gasteiger partial charge on any atom is -0.405 e. The maximum atomic E-state index is 13.3. The molecule has 31 heavy (non-hydrogen) atoms. The van der Waals surface area contributed by atoms with Crippen LogP contribution in [0.2, 0.25) is 0 Å². The highest BCUT2D eigenvalue weighted by molar-refractivity contribution is 5.97. The van der Waals surface area contributed by atoms with Crippen LogP contribution in [0.5, 0.6) is 5.75 Å². The lowest BCUT2D eigenvalue weighted by Crippen LogP contribution is -2.39. The summed E-state index contributed by atoms with van der Waals surface area (Å²) in [7, 11) is 0. The van der Waals surface area contributed by atoms with E-state index < -0.39 is 24.1 Å². The van der Waals surface area contributed by atoms with Crippen molar-refractivity contribution in [3.8, 4) is 5.75 Å². The van der Waals surface area contributed by atoms with Gasteiger partial charge in [0.25, 0.3) is 5.91 Å². The highest BCUT2D eigenvalue weighted by Crippen LogP contribution is 2.34. The largest absolute Gasteiger partial charge is 0.573 e. The molecule has 1 fully saturated rings. The minimum atomic E-state index is -4.94. The lowest BCUT2D eigenvalue weighted by atomic mass is 10.1. The molecule has 2 amide bonds. The molecule has 2 N–H and O–H groups in total. The van der Waals surface area contributed by atoms with Gasteiger partial charge in [-0.1, -0.05) is 26.0 Å². The molecular formula is C20H24F3N5O3. The summed E-state index contributed by atoms with van der Waals surface area (Å²) in [5.41, 5.74) is -0.230. The van der Waals surface area contributed by atoms with Crippen LogP contribution in [0, 0.1) is 12.8 Å². The summed E-state index contributed by atoms with van der Waals surface area (Å²) in [5.74, 6) is -0.363. The number of halogens is 3. The molecule has 1 aromatic heterocycles. The van der Waals surface area contributed by atoms with Crippen molar-refractivity contribution in [2.75, 3.05) is 6.54 Å². The Morgan fingerprint density at radius 3 is 2.65 bits per heavy atom. The van der Waals surface area contributed by atoms with E-state index in [1.54, 1.807) is 6.92 Å². The Labute approximate surface area is 177 Å². The monoisotopic (exact) mass is 439 g/mol. The van der Waals surface area contributed by atoms with E-state index in [1.807, 2.05) is 13.8 Å². The van der Waals surface area contributed by atoms with Gasteiger partial charge in [0.2, 0.25) is 5.91 Å². The van der Waals surface area contributed by atoms with Crippen molar-refractivity contribution in [1.29, 1.82) is 0 Å². The second-order valence-corrected chi connectivity index (χ2v) is 7.89. The first-order valence-corrected chi connectivity index (χ1v) is 9.87. The summed E-state index contributed by atoms with van der Waals surface area (Å²) >= 11 is 0. The number of hydrogen-bond donors (Lipinski definition) is 2. The Morgan fingerprint density at radius 2 is 2.03 bits per heavy atom. The van der Waals surface area contributed by atoms with E-state index in [0.29, 0.717) is 24.5 Å². The molecule has 0 saturated carbocycles. The van der Waals surface area contributed by atoms with Gasteiger partial charge in [0.05, 0.1) is 11.6 Å². The van der Waals surface area contributed by atoms with E-state index in [9.17, 15) is 22.8 Å². The summed E-state index contributed by atoms with van der Waals surface area (Å²) in [5, 5.41) is 9.72. The fourth-order valence-corrected chi connectivity index (χ4v) is 3.59. The number of alkyl halides is 3. The molecule has 2 unspecified atom stereocenters. The van der Waals surface area contributed by atoms with Crippen LogP contribution < -0.4 is 10.1 Å². The molecule has 168 valence electrons. The van der Waals surface area contributed by atoms with Gasteiger partial charge < -0.3 is 15.0 Å². The van der Waals surface area contributed by atoms with Gasteiger partial charge in [-0.3, -0.25) is 14.7 Å². The first kappa shape index (κ1) is 22.6. The number of carbonyl (C=O) groups is 2. The van der Waals surface area contributed by atoms with Crippen LogP contribution in [0.15, 0.2) is 24.3 Å². The van der Waals surface area contributed by atoms with Gasteiger partial charge in [0, 0.05) is 19.0 Å². The molecule has 1 aromatic carbocycles. The van der Waals surface area contributed by atoms with Crippen molar-refractivity contribution in [1.82, 2.24) is 25.4 Å². The van der Waals surface area contributed by atoms with Crippen molar-refractivity contribution >= 4 is 11.8 Å². The number of benzene rings is 1. The number of nitrogens with zero attached hydrogens (tertiary/aromatic N) is 3. The van der Waals surface area contributed by atoms with E-state index in [0.717, 1.165) is 6.07 Å². The van der Waals surface area contributed by atoms with E-state index in [-0.39, 0.29) is 30.0 Å². The van der Waals surface area contributed by atoms with Crippen molar-refractivity contribution in [3.63, 3.8) is 0 Å². The summed E-state index contributed by atoms with van der Waals surface area (Å²) in [6, 6.07) is 4.18. The van der Waals surface area contributed by atoms with E-state index in [1.165, 1.54) is 23.1 Å². The van der Waals surface area contributed by atoms with Gasteiger partial charge in [-0.15, -0.1) is 13.2 Å². The number of amides is 2. The number of H-pyrrole nitrogens is 1. The number of carbonyl (C=O) groups excluding carboxylic acids is 2. The van der Waals surface area contributed by atoms with Crippen molar-refractivity contribution in [2.24, 2.45) is 5.92 Å². The van der Waals surface area contributed by atoms with E-state index in [2.05, 4.69) is 25.2 Å². The Morgan fingerprint density at radius 1 is 1.32 bits per heavy atom. The molecule has 2 heterocycles. The Hall–Kier alpha value is -3.11. The number of para-hydroxylation sites is 1. The zero-order chi connectivity index (χ0) is 22.8. The van der Waals surface area contributed by atoms with Crippen molar-refractivity contribution in [2.45, 2.75) is 52.1 Å². The van der Waals surface area contributed by atoms with Gasteiger partial charge >= 0.3 is 6.36 Å².